The summed E-state index contributed by atoms with van der Waals surface area (Å²) in [5, 5.41) is 4.03. The second-order valence-electron chi connectivity index (χ2n) is 6.14. The van der Waals surface area contributed by atoms with E-state index in [9.17, 15) is 9.59 Å². The minimum absolute atomic E-state index is 0.0557. The summed E-state index contributed by atoms with van der Waals surface area (Å²) in [6, 6.07) is 0.248. The largest absolute Gasteiger partial charge is 0.443 e. The van der Waals surface area contributed by atoms with Gasteiger partial charge in [0, 0.05) is 31.9 Å². The van der Waals surface area contributed by atoms with Crippen LogP contribution in [0, 0.1) is 0 Å². The molecule has 0 aliphatic heterocycles. The molecule has 1 aliphatic rings. The van der Waals surface area contributed by atoms with Gasteiger partial charge in [-0.1, -0.05) is 24.4 Å². The van der Waals surface area contributed by atoms with Crippen LogP contribution in [0.3, 0.4) is 0 Å². The molecule has 8 nitrogen and oxygen atoms in total. The smallest absolute Gasteiger partial charge is 0.410 e. The van der Waals surface area contributed by atoms with Gasteiger partial charge in [0.2, 0.25) is 0 Å². The first-order valence-corrected chi connectivity index (χ1v) is 8.51. The molecule has 134 valence electrons. The van der Waals surface area contributed by atoms with Crippen LogP contribution >= 0.6 is 11.6 Å². The summed E-state index contributed by atoms with van der Waals surface area (Å²) in [5.74, 6) is 0. The Morgan fingerprint density at radius 2 is 2.20 bits per heavy atom. The van der Waals surface area contributed by atoms with Crippen molar-refractivity contribution in [3.8, 4) is 11.3 Å². The third-order valence-corrected chi connectivity index (χ3v) is 4.83. The number of nitrogens with zero attached hydrogens (tertiary/aromatic N) is 4. The Bertz CT molecular complexity index is 825. The highest BCUT2D eigenvalue weighted by Crippen LogP contribution is 2.24. The molecule has 1 N–H and O–H groups in total. The van der Waals surface area contributed by atoms with E-state index in [1.54, 1.807) is 29.9 Å². The molecule has 2 aromatic rings. The molecule has 0 bridgehead atoms. The van der Waals surface area contributed by atoms with Gasteiger partial charge in [-0.05, 0) is 12.8 Å². The number of hydrogen-bond donors (Lipinski definition) is 1. The zero-order chi connectivity index (χ0) is 18.0. The number of aryl methyl sites for hydroxylation is 1. The summed E-state index contributed by atoms with van der Waals surface area (Å²) in [6.45, 7) is 0.0557. The third-order valence-electron chi connectivity index (χ3n) is 4.58. The molecule has 9 heteroatoms. The average molecular weight is 366 g/mol. The minimum atomic E-state index is -0.458. The van der Waals surface area contributed by atoms with Crippen molar-refractivity contribution in [1.82, 2.24) is 24.6 Å². The maximum Gasteiger partial charge on any atom is 0.410 e. The van der Waals surface area contributed by atoms with Gasteiger partial charge in [-0.2, -0.15) is 5.10 Å². The van der Waals surface area contributed by atoms with Gasteiger partial charge in [0.25, 0.3) is 5.56 Å². The second-order valence-corrected chi connectivity index (χ2v) is 6.50. The second kappa shape index (κ2) is 7.26. The quantitative estimate of drug-likeness (QED) is 0.897. The van der Waals surface area contributed by atoms with E-state index < -0.39 is 5.56 Å². The highest BCUT2D eigenvalue weighted by molar-refractivity contribution is 6.29. The van der Waals surface area contributed by atoms with Crippen LogP contribution in [-0.4, -0.2) is 43.8 Å². The van der Waals surface area contributed by atoms with E-state index in [4.69, 9.17) is 16.3 Å². The molecule has 2 aromatic heterocycles. The Morgan fingerprint density at radius 1 is 1.48 bits per heavy atom. The molecule has 25 heavy (non-hydrogen) atoms. The molecular formula is C16H20ClN5O3. The molecule has 1 fully saturated rings. The maximum absolute atomic E-state index is 12.3. The van der Waals surface area contributed by atoms with Crippen LogP contribution in [0.4, 0.5) is 4.79 Å². The van der Waals surface area contributed by atoms with Crippen LogP contribution in [0.5, 0.6) is 0 Å². The van der Waals surface area contributed by atoms with Crippen molar-refractivity contribution in [2.45, 2.75) is 38.3 Å². The molecule has 2 heterocycles. The summed E-state index contributed by atoms with van der Waals surface area (Å²) < 4.78 is 7.06. The SMILES string of the molecule is CN(C(=O)OCc1c(-c2c[nH]c(=O)c(Cl)n2)cnn1C)C1CCCC1. The lowest BCUT2D eigenvalue weighted by atomic mass is 10.2. The van der Waals surface area contributed by atoms with Gasteiger partial charge in [0.15, 0.2) is 5.15 Å². The number of ether oxygens (including phenoxy) is 1. The lowest BCUT2D eigenvalue weighted by Gasteiger charge is -2.23. The van der Waals surface area contributed by atoms with Gasteiger partial charge >= 0.3 is 6.09 Å². The number of nitrogens with one attached hydrogen (secondary N) is 1. The fourth-order valence-corrected chi connectivity index (χ4v) is 3.19. The first-order valence-electron chi connectivity index (χ1n) is 8.13. The van der Waals surface area contributed by atoms with Crippen LogP contribution in [0.2, 0.25) is 5.15 Å². The van der Waals surface area contributed by atoms with Crippen LogP contribution in [-0.2, 0) is 18.4 Å². The summed E-state index contributed by atoms with van der Waals surface area (Å²) in [6.07, 6.45) is 7.03. The van der Waals surface area contributed by atoms with Crippen LogP contribution in [0.1, 0.15) is 31.4 Å². The zero-order valence-corrected chi connectivity index (χ0v) is 14.9. The summed E-state index contributed by atoms with van der Waals surface area (Å²) in [7, 11) is 3.52. The summed E-state index contributed by atoms with van der Waals surface area (Å²) >= 11 is 5.79. The predicted molar refractivity (Wildman–Crippen MR) is 92.3 cm³/mol. The van der Waals surface area contributed by atoms with E-state index >= 15 is 0 Å². The summed E-state index contributed by atoms with van der Waals surface area (Å²) in [4.78, 5) is 31.9. The van der Waals surface area contributed by atoms with E-state index in [2.05, 4.69) is 15.1 Å². The van der Waals surface area contributed by atoms with E-state index in [0.717, 1.165) is 25.7 Å². The van der Waals surface area contributed by atoms with Crippen molar-refractivity contribution in [1.29, 1.82) is 0 Å². The van der Waals surface area contributed by atoms with E-state index in [1.165, 1.54) is 6.20 Å². The monoisotopic (exact) mass is 365 g/mol. The predicted octanol–water partition coefficient (Wildman–Crippen LogP) is 2.33. The van der Waals surface area contributed by atoms with Gasteiger partial charge in [0.1, 0.15) is 6.61 Å². The molecule has 0 aromatic carbocycles. The number of hydrogen-bond acceptors (Lipinski definition) is 5. The number of aromatic nitrogens is 4. The molecule has 0 atom stereocenters. The van der Waals surface area contributed by atoms with Crippen LogP contribution in [0.15, 0.2) is 17.2 Å². The molecule has 0 unspecified atom stereocenters. The number of halogens is 1. The first kappa shape index (κ1) is 17.5. The fraction of sp³-hybridized carbons (Fsp3) is 0.500. The third kappa shape index (κ3) is 3.68. The highest BCUT2D eigenvalue weighted by Gasteiger charge is 2.25. The van der Waals surface area contributed by atoms with E-state index in [1.807, 2.05) is 0 Å². The normalized spacial score (nSPS) is 14.7. The molecule has 0 spiro atoms. The Hall–Kier alpha value is -2.35. The molecule has 1 amide bonds. The number of amides is 1. The van der Waals surface area contributed by atoms with Gasteiger partial charge < -0.3 is 14.6 Å². The highest BCUT2D eigenvalue weighted by atomic mass is 35.5. The summed E-state index contributed by atoms with van der Waals surface area (Å²) in [5.41, 5.74) is 1.33. The molecule has 0 saturated heterocycles. The zero-order valence-electron chi connectivity index (χ0n) is 14.2. The Labute approximate surface area is 149 Å². The number of carbonyl (C=O) groups is 1. The Balaban J connectivity index is 1.74. The number of rotatable bonds is 4. The molecule has 1 aliphatic carbocycles. The number of carbonyl (C=O) groups excluding carboxylic acids is 1. The molecule has 0 radical (unpaired) electrons. The number of aromatic amines is 1. The Morgan fingerprint density at radius 3 is 2.88 bits per heavy atom. The lowest BCUT2D eigenvalue weighted by Crippen LogP contribution is -2.35. The molecule has 1 saturated carbocycles. The van der Waals surface area contributed by atoms with Gasteiger partial charge in [-0.15, -0.1) is 0 Å². The fourth-order valence-electron chi connectivity index (χ4n) is 3.04. The lowest BCUT2D eigenvalue weighted by molar-refractivity contribution is 0.0899. The Kier molecular flexibility index (Phi) is 5.08. The average Bonchev–Trinajstić information content (AvgIpc) is 3.24. The van der Waals surface area contributed by atoms with Crippen molar-refractivity contribution >= 4 is 17.7 Å². The topological polar surface area (TPSA) is 93.1 Å². The van der Waals surface area contributed by atoms with Crippen LogP contribution in [0.25, 0.3) is 11.3 Å². The van der Waals surface area contributed by atoms with E-state index in [0.29, 0.717) is 17.0 Å². The van der Waals surface area contributed by atoms with Gasteiger partial charge in [-0.25, -0.2) is 9.78 Å². The van der Waals surface area contributed by atoms with Crippen molar-refractivity contribution in [2.24, 2.45) is 7.05 Å². The van der Waals surface area contributed by atoms with Crippen molar-refractivity contribution in [3.05, 3.63) is 33.6 Å². The van der Waals surface area contributed by atoms with Gasteiger partial charge in [-0.3, -0.25) is 9.48 Å². The standard InChI is InChI=1S/C16H20ClN5O3/c1-21(10-5-3-4-6-10)16(24)25-9-13-11(7-19-22(13)2)12-8-18-15(23)14(17)20-12/h7-8,10H,3-6,9H2,1-2H3,(H,18,23). The van der Waals surface area contributed by atoms with Crippen molar-refractivity contribution in [2.75, 3.05) is 7.05 Å². The van der Waals surface area contributed by atoms with E-state index in [-0.39, 0.29) is 23.9 Å². The number of H-pyrrole nitrogens is 1. The first-order chi connectivity index (χ1) is 12.0. The minimum Gasteiger partial charge on any atom is -0.443 e. The molecular weight excluding hydrogens is 346 g/mol. The van der Waals surface area contributed by atoms with Crippen molar-refractivity contribution < 1.29 is 9.53 Å². The van der Waals surface area contributed by atoms with Crippen LogP contribution < -0.4 is 5.56 Å². The molecule has 3 rings (SSSR count). The van der Waals surface area contributed by atoms with Crippen molar-refractivity contribution in [3.63, 3.8) is 0 Å². The maximum atomic E-state index is 12.3. The van der Waals surface area contributed by atoms with Gasteiger partial charge in [0.05, 0.1) is 17.6 Å².